The van der Waals surface area contributed by atoms with Crippen LogP contribution in [0.3, 0.4) is 0 Å². The molecule has 0 unspecified atom stereocenters. The van der Waals surface area contributed by atoms with Crippen LogP contribution in [0.15, 0.2) is 24.3 Å². The lowest BCUT2D eigenvalue weighted by molar-refractivity contribution is 0.111. The number of aryl methyl sites for hydroxylation is 1. The summed E-state index contributed by atoms with van der Waals surface area (Å²) in [5.74, 6) is 0. The van der Waals surface area contributed by atoms with Crippen molar-refractivity contribution in [1.82, 2.24) is 9.80 Å². The first-order valence-corrected chi connectivity index (χ1v) is 7.42. The van der Waals surface area contributed by atoms with Crippen LogP contribution < -0.4 is 5.32 Å². The second-order valence-electron chi connectivity index (χ2n) is 5.76. The van der Waals surface area contributed by atoms with Gasteiger partial charge in [-0.2, -0.15) is 0 Å². The van der Waals surface area contributed by atoms with Crippen molar-refractivity contribution in [2.24, 2.45) is 0 Å². The molecule has 0 amide bonds. The van der Waals surface area contributed by atoms with E-state index in [1.165, 1.54) is 37.4 Å². The zero-order chi connectivity index (χ0) is 13.7. The summed E-state index contributed by atoms with van der Waals surface area (Å²) in [5, 5.41) is 3.50. The number of piperazine rings is 1. The Hall–Kier alpha value is -1.06. The first-order chi connectivity index (χ1) is 9.15. The molecule has 106 valence electrons. The summed E-state index contributed by atoms with van der Waals surface area (Å²) in [4.78, 5) is 5.12. The molecule has 0 atom stereocenters. The molecule has 1 aromatic carbocycles. The molecule has 19 heavy (non-hydrogen) atoms. The van der Waals surface area contributed by atoms with E-state index in [2.05, 4.69) is 60.2 Å². The van der Waals surface area contributed by atoms with Gasteiger partial charge in [0.2, 0.25) is 0 Å². The Balaban J connectivity index is 1.65. The monoisotopic (exact) mass is 261 g/mol. The van der Waals surface area contributed by atoms with Crippen LogP contribution >= 0.6 is 0 Å². The molecule has 0 radical (unpaired) electrons. The highest BCUT2D eigenvalue weighted by molar-refractivity contribution is 5.44. The van der Waals surface area contributed by atoms with Crippen molar-refractivity contribution in [2.45, 2.75) is 26.8 Å². The van der Waals surface area contributed by atoms with Crippen molar-refractivity contribution in [2.75, 3.05) is 44.6 Å². The minimum atomic E-state index is 0.688. The van der Waals surface area contributed by atoms with Crippen LogP contribution in [0.2, 0.25) is 0 Å². The molecule has 1 aromatic rings. The summed E-state index contributed by atoms with van der Waals surface area (Å²) < 4.78 is 0. The van der Waals surface area contributed by atoms with Gasteiger partial charge in [0.1, 0.15) is 0 Å². The molecule has 3 nitrogen and oxygen atoms in total. The lowest BCUT2D eigenvalue weighted by Gasteiger charge is -2.36. The number of nitrogens with zero attached hydrogens (tertiary/aromatic N) is 2. The van der Waals surface area contributed by atoms with Gasteiger partial charge in [-0.25, -0.2) is 0 Å². The number of hydrogen-bond donors (Lipinski definition) is 1. The number of nitrogens with one attached hydrogen (secondary N) is 1. The first-order valence-electron chi connectivity index (χ1n) is 7.42. The summed E-state index contributed by atoms with van der Waals surface area (Å²) in [6, 6.07) is 9.32. The van der Waals surface area contributed by atoms with Crippen molar-refractivity contribution in [1.29, 1.82) is 0 Å². The van der Waals surface area contributed by atoms with E-state index in [0.717, 1.165) is 13.1 Å². The predicted octanol–water partition coefficient (Wildman–Crippen LogP) is 2.43. The lowest BCUT2D eigenvalue weighted by Crippen LogP contribution is -2.49. The van der Waals surface area contributed by atoms with Crippen LogP contribution in [-0.2, 0) is 0 Å². The van der Waals surface area contributed by atoms with Gasteiger partial charge in [0, 0.05) is 51.0 Å². The Labute approximate surface area is 117 Å². The second kappa shape index (κ2) is 6.92. The Morgan fingerprint density at radius 2 is 1.68 bits per heavy atom. The molecule has 0 aromatic heterocycles. The van der Waals surface area contributed by atoms with Crippen molar-refractivity contribution < 1.29 is 0 Å². The van der Waals surface area contributed by atoms with E-state index in [1.807, 2.05) is 0 Å². The van der Waals surface area contributed by atoms with E-state index in [9.17, 15) is 0 Å². The molecule has 1 heterocycles. The Kier molecular flexibility index (Phi) is 5.23. The van der Waals surface area contributed by atoms with Gasteiger partial charge < -0.3 is 5.32 Å². The average Bonchev–Trinajstić information content (AvgIpc) is 2.41. The fourth-order valence-electron chi connectivity index (χ4n) is 2.53. The highest BCUT2D eigenvalue weighted by atomic mass is 15.3. The van der Waals surface area contributed by atoms with E-state index in [4.69, 9.17) is 0 Å². The topological polar surface area (TPSA) is 18.5 Å². The minimum Gasteiger partial charge on any atom is -0.384 e. The zero-order valence-electron chi connectivity index (χ0n) is 12.5. The standard InChI is InChI=1S/C16H27N3/c1-14(2)19-12-10-18(11-13-19)9-8-17-16-6-4-15(3)5-7-16/h4-7,14,17H,8-13H2,1-3H3. The highest BCUT2D eigenvalue weighted by Gasteiger charge is 2.17. The van der Waals surface area contributed by atoms with E-state index < -0.39 is 0 Å². The summed E-state index contributed by atoms with van der Waals surface area (Å²) >= 11 is 0. The normalized spacial score (nSPS) is 17.9. The Morgan fingerprint density at radius 3 is 2.26 bits per heavy atom. The van der Waals surface area contributed by atoms with Gasteiger partial charge in [-0.05, 0) is 32.9 Å². The molecular weight excluding hydrogens is 234 g/mol. The third-order valence-corrected chi connectivity index (χ3v) is 3.95. The summed E-state index contributed by atoms with van der Waals surface area (Å²) in [5.41, 5.74) is 2.54. The zero-order valence-corrected chi connectivity index (χ0v) is 12.5. The third-order valence-electron chi connectivity index (χ3n) is 3.95. The van der Waals surface area contributed by atoms with Crippen LogP contribution in [-0.4, -0.2) is 55.1 Å². The van der Waals surface area contributed by atoms with Crippen LogP contribution in [0, 0.1) is 6.92 Å². The summed E-state index contributed by atoms with van der Waals surface area (Å²) in [6.07, 6.45) is 0. The maximum absolute atomic E-state index is 3.50. The lowest BCUT2D eigenvalue weighted by atomic mass is 10.2. The molecule has 1 aliphatic rings. The van der Waals surface area contributed by atoms with Gasteiger partial charge in [-0.15, -0.1) is 0 Å². The molecule has 0 saturated carbocycles. The molecule has 2 rings (SSSR count). The van der Waals surface area contributed by atoms with Crippen LogP contribution in [0.4, 0.5) is 5.69 Å². The molecule has 1 saturated heterocycles. The maximum atomic E-state index is 3.50. The molecule has 1 aliphatic heterocycles. The van der Waals surface area contributed by atoms with Gasteiger partial charge in [-0.1, -0.05) is 17.7 Å². The van der Waals surface area contributed by atoms with E-state index in [1.54, 1.807) is 0 Å². The molecule has 0 bridgehead atoms. The number of hydrogen-bond acceptors (Lipinski definition) is 3. The van der Waals surface area contributed by atoms with Gasteiger partial charge >= 0.3 is 0 Å². The fourth-order valence-corrected chi connectivity index (χ4v) is 2.53. The van der Waals surface area contributed by atoms with Gasteiger partial charge in [0.25, 0.3) is 0 Å². The first kappa shape index (κ1) is 14.4. The predicted molar refractivity (Wildman–Crippen MR) is 82.8 cm³/mol. The van der Waals surface area contributed by atoms with Gasteiger partial charge in [0.05, 0.1) is 0 Å². The molecular formula is C16H27N3. The average molecular weight is 261 g/mol. The molecule has 1 fully saturated rings. The van der Waals surface area contributed by atoms with Crippen molar-refractivity contribution >= 4 is 5.69 Å². The number of anilines is 1. The number of benzene rings is 1. The van der Waals surface area contributed by atoms with Gasteiger partial charge in [-0.3, -0.25) is 9.80 Å². The Bertz CT molecular complexity index is 364. The Morgan fingerprint density at radius 1 is 1.05 bits per heavy atom. The minimum absolute atomic E-state index is 0.688. The van der Waals surface area contributed by atoms with Crippen LogP contribution in [0.5, 0.6) is 0 Å². The van der Waals surface area contributed by atoms with Crippen LogP contribution in [0.1, 0.15) is 19.4 Å². The molecule has 0 spiro atoms. The van der Waals surface area contributed by atoms with Crippen molar-refractivity contribution in [3.8, 4) is 0 Å². The summed E-state index contributed by atoms with van der Waals surface area (Å²) in [6.45, 7) is 13.7. The quantitative estimate of drug-likeness (QED) is 0.878. The largest absolute Gasteiger partial charge is 0.384 e. The summed E-state index contributed by atoms with van der Waals surface area (Å²) in [7, 11) is 0. The fraction of sp³-hybridized carbons (Fsp3) is 0.625. The van der Waals surface area contributed by atoms with E-state index >= 15 is 0 Å². The van der Waals surface area contributed by atoms with E-state index in [-0.39, 0.29) is 0 Å². The van der Waals surface area contributed by atoms with E-state index in [0.29, 0.717) is 6.04 Å². The molecule has 1 N–H and O–H groups in total. The SMILES string of the molecule is Cc1ccc(NCCN2CCN(C(C)C)CC2)cc1. The third kappa shape index (κ3) is 4.51. The smallest absolute Gasteiger partial charge is 0.0340 e. The number of rotatable bonds is 5. The molecule has 0 aliphatic carbocycles. The van der Waals surface area contributed by atoms with Crippen molar-refractivity contribution in [3.05, 3.63) is 29.8 Å². The maximum Gasteiger partial charge on any atom is 0.0340 e. The molecule has 3 heteroatoms. The second-order valence-corrected chi connectivity index (χ2v) is 5.76. The van der Waals surface area contributed by atoms with Crippen LogP contribution in [0.25, 0.3) is 0 Å². The highest BCUT2D eigenvalue weighted by Crippen LogP contribution is 2.09. The van der Waals surface area contributed by atoms with Crippen molar-refractivity contribution in [3.63, 3.8) is 0 Å². The van der Waals surface area contributed by atoms with Gasteiger partial charge in [0.15, 0.2) is 0 Å².